The highest BCUT2D eigenvalue weighted by Gasteiger charge is 2.29. The van der Waals surface area contributed by atoms with Gasteiger partial charge in [0, 0.05) is 0 Å². The Bertz CT molecular complexity index is 734. The average Bonchev–Trinajstić information content (AvgIpc) is 2.86. The van der Waals surface area contributed by atoms with Gasteiger partial charge in [-0.1, -0.05) is 54.3 Å². The van der Waals surface area contributed by atoms with Crippen molar-refractivity contribution in [3.05, 3.63) is 59.7 Å². The normalized spacial score (nSPS) is 17.1. The highest BCUT2D eigenvalue weighted by atomic mass is 32.2. The molecule has 2 N–H and O–H groups in total. The Kier molecular flexibility index (Phi) is 4.83. The van der Waals surface area contributed by atoms with Crippen LogP contribution in [0.4, 0.5) is 0 Å². The minimum Gasteiger partial charge on any atom is -0.508 e. The van der Waals surface area contributed by atoms with E-state index in [2.05, 4.69) is 5.32 Å². The molecule has 2 aromatic carbocycles. The van der Waals surface area contributed by atoms with Crippen LogP contribution in [0.5, 0.6) is 11.5 Å². The highest BCUT2D eigenvalue weighted by Crippen LogP contribution is 2.29. The number of hydrogen-bond acceptors (Lipinski definition) is 5. The lowest BCUT2D eigenvalue weighted by Crippen LogP contribution is -2.25. The largest absolute Gasteiger partial charge is 0.508 e. The molecule has 1 heterocycles. The van der Waals surface area contributed by atoms with Crippen LogP contribution in [-0.4, -0.2) is 20.6 Å². The van der Waals surface area contributed by atoms with E-state index in [0.29, 0.717) is 28.7 Å². The first kappa shape index (κ1) is 15.8. The molecule has 1 amide bonds. The van der Waals surface area contributed by atoms with Crippen LogP contribution in [0, 0.1) is 0 Å². The first-order valence-electron chi connectivity index (χ1n) is 7.12. The van der Waals surface area contributed by atoms with Crippen LogP contribution in [-0.2, 0) is 17.8 Å². The summed E-state index contributed by atoms with van der Waals surface area (Å²) in [4.78, 5) is 11.8. The van der Waals surface area contributed by atoms with Gasteiger partial charge in [-0.2, -0.15) is 0 Å². The van der Waals surface area contributed by atoms with Gasteiger partial charge < -0.3 is 15.2 Å². The first-order chi connectivity index (χ1) is 11.1. The Balaban J connectivity index is 1.69. The maximum Gasteiger partial charge on any atom is 0.239 e. The van der Waals surface area contributed by atoms with E-state index < -0.39 is 0 Å². The molecule has 0 aliphatic carbocycles. The van der Waals surface area contributed by atoms with Gasteiger partial charge in [0.1, 0.15) is 22.4 Å². The topological polar surface area (TPSA) is 58.6 Å². The number of carbonyl (C=O) groups excluding carboxylic acids is 1. The van der Waals surface area contributed by atoms with E-state index in [1.807, 2.05) is 30.3 Å². The van der Waals surface area contributed by atoms with Crippen LogP contribution >= 0.6 is 24.0 Å². The Hall–Kier alpha value is -2.05. The van der Waals surface area contributed by atoms with Gasteiger partial charge >= 0.3 is 0 Å². The molecular weight excluding hydrogens is 330 g/mol. The number of phenols is 1. The van der Waals surface area contributed by atoms with Gasteiger partial charge in [-0.3, -0.25) is 4.79 Å². The first-order valence-corrected chi connectivity index (χ1v) is 8.41. The molecule has 1 saturated heterocycles. The molecule has 0 radical (unpaired) electrons. The van der Waals surface area contributed by atoms with Crippen molar-refractivity contribution in [1.82, 2.24) is 5.32 Å². The summed E-state index contributed by atoms with van der Waals surface area (Å²) < 4.78 is 6.24. The van der Waals surface area contributed by atoms with E-state index in [1.54, 1.807) is 18.2 Å². The van der Waals surface area contributed by atoms with E-state index in [0.717, 1.165) is 5.56 Å². The second kappa shape index (κ2) is 7.02. The molecule has 118 valence electrons. The smallest absolute Gasteiger partial charge is 0.239 e. The van der Waals surface area contributed by atoms with E-state index in [4.69, 9.17) is 17.0 Å². The Labute approximate surface area is 143 Å². The summed E-state index contributed by atoms with van der Waals surface area (Å²) in [5, 5.41) is 12.3. The Morgan fingerprint density at radius 2 is 2.00 bits per heavy atom. The molecule has 0 spiro atoms. The maximum atomic E-state index is 11.8. The summed E-state index contributed by atoms with van der Waals surface area (Å²) >= 11 is 6.30. The quantitative estimate of drug-likeness (QED) is 0.816. The number of thioether (sulfide) groups is 1. The van der Waals surface area contributed by atoms with Crippen molar-refractivity contribution < 1.29 is 14.6 Å². The summed E-state index contributed by atoms with van der Waals surface area (Å²) in [6, 6.07) is 14.9. The minimum atomic E-state index is -0.308. The summed E-state index contributed by atoms with van der Waals surface area (Å²) in [5.74, 6) is 0.700. The fourth-order valence-corrected chi connectivity index (χ4v) is 3.58. The van der Waals surface area contributed by atoms with E-state index in [9.17, 15) is 9.90 Å². The van der Waals surface area contributed by atoms with Gasteiger partial charge in [-0.25, -0.2) is 0 Å². The summed E-state index contributed by atoms with van der Waals surface area (Å²) in [6.07, 6.45) is 0.408. The number of thiocarbonyl (C=S) groups is 1. The monoisotopic (exact) mass is 345 g/mol. The van der Waals surface area contributed by atoms with Crippen LogP contribution in [0.15, 0.2) is 48.5 Å². The third-order valence-corrected chi connectivity index (χ3v) is 4.84. The predicted molar refractivity (Wildman–Crippen MR) is 94.7 cm³/mol. The number of ether oxygens (including phenoxy) is 1. The third-order valence-electron chi connectivity index (χ3n) is 3.47. The van der Waals surface area contributed by atoms with Crippen molar-refractivity contribution in [3.63, 3.8) is 0 Å². The minimum absolute atomic E-state index is 0.116. The van der Waals surface area contributed by atoms with Gasteiger partial charge in [0.05, 0.1) is 5.25 Å². The molecule has 3 rings (SSSR count). The second-order valence-electron chi connectivity index (χ2n) is 5.15. The van der Waals surface area contributed by atoms with Gasteiger partial charge in [0.15, 0.2) is 0 Å². The SMILES string of the molecule is O=C1NC(=S)SC1Cc1cc(OCc2ccccc2)ccc1O. The van der Waals surface area contributed by atoms with Crippen molar-refractivity contribution in [2.75, 3.05) is 0 Å². The molecule has 4 nitrogen and oxygen atoms in total. The second-order valence-corrected chi connectivity index (χ2v) is 7.03. The Morgan fingerprint density at radius 3 is 2.70 bits per heavy atom. The van der Waals surface area contributed by atoms with Crippen LogP contribution < -0.4 is 10.1 Å². The number of aromatic hydroxyl groups is 1. The standard InChI is InChI=1S/C17H15NO3S2/c19-14-7-6-13(21-10-11-4-2-1-3-5-11)8-12(14)9-15-16(20)18-17(22)23-15/h1-8,15,19H,9-10H2,(H,18,20,22). The molecule has 0 bridgehead atoms. The fraction of sp³-hybridized carbons (Fsp3) is 0.176. The zero-order valence-electron chi connectivity index (χ0n) is 12.2. The maximum absolute atomic E-state index is 11.8. The molecule has 0 saturated carbocycles. The molecular formula is C17H15NO3S2. The molecule has 2 aromatic rings. The van der Waals surface area contributed by atoms with Gasteiger partial charge in [-0.05, 0) is 35.7 Å². The summed E-state index contributed by atoms with van der Waals surface area (Å²) in [5.41, 5.74) is 1.74. The van der Waals surface area contributed by atoms with Gasteiger partial charge in [0.2, 0.25) is 5.91 Å². The van der Waals surface area contributed by atoms with Crippen LogP contribution in [0.2, 0.25) is 0 Å². The number of phenolic OH excluding ortho intramolecular Hbond substituents is 1. The molecule has 1 fully saturated rings. The van der Waals surface area contributed by atoms with Crippen LogP contribution in [0.3, 0.4) is 0 Å². The van der Waals surface area contributed by atoms with Gasteiger partial charge in [-0.15, -0.1) is 0 Å². The van der Waals surface area contributed by atoms with Crippen molar-refractivity contribution in [1.29, 1.82) is 0 Å². The number of carbonyl (C=O) groups is 1. The van der Waals surface area contributed by atoms with E-state index >= 15 is 0 Å². The predicted octanol–water partition coefficient (Wildman–Crippen LogP) is 3.03. The zero-order valence-corrected chi connectivity index (χ0v) is 13.8. The molecule has 1 atom stereocenters. The number of nitrogens with one attached hydrogen (secondary N) is 1. The molecule has 1 aliphatic rings. The van der Waals surface area contributed by atoms with Crippen molar-refractivity contribution in [3.8, 4) is 11.5 Å². The van der Waals surface area contributed by atoms with Crippen molar-refractivity contribution in [2.45, 2.75) is 18.3 Å². The summed E-state index contributed by atoms with van der Waals surface area (Å²) in [7, 11) is 0. The van der Waals surface area contributed by atoms with Gasteiger partial charge in [0.25, 0.3) is 0 Å². The molecule has 1 unspecified atom stereocenters. The lowest BCUT2D eigenvalue weighted by molar-refractivity contribution is -0.118. The lowest BCUT2D eigenvalue weighted by Gasteiger charge is -2.11. The van der Waals surface area contributed by atoms with Crippen LogP contribution in [0.1, 0.15) is 11.1 Å². The Morgan fingerprint density at radius 1 is 1.22 bits per heavy atom. The number of rotatable bonds is 5. The molecule has 0 aromatic heterocycles. The highest BCUT2D eigenvalue weighted by molar-refractivity contribution is 8.24. The fourth-order valence-electron chi connectivity index (χ4n) is 2.28. The van der Waals surface area contributed by atoms with E-state index in [1.165, 1.54) is 11.8 Å². The molecule has 23 heavy (non-hydrogen) atoms. The lowest BCUT2D eigenvalue weighted by atomic mass is 10.1. The summed E-state index contributed by atoms with van der Waals surface area (Å²) in [6.45, 7) is 0.452. The molecule has 1 aliphatic heterocycles. The zero-order chi connectivity index (χ0) is 16.2. The van der Waals surface area contributed by atoms with E-state index in [-0.39, 0.29) is 16.9 Å². The third kappa shape index (κ3) is 4.03. The average molecular weight is 345 g/mol. The number of hydrogen-bond donors (Lipinski definition) is 2. The molecule has 6 heteroatoms. The number of amides is 1. The number of benzene rings is 2. The van der Waals surface area contributed by atoms with Crippen LogP contribution in [0.25, 0.3) is 0 Å². The van der Waals surface area contributed by atoms with Crippen molar-refractivity contribution in [2.24, 2.45) is 0 Å². The van der Waals surface area contributed by atoms with Crippen molar-refractivity contribution >= 4 is 34.2 Å².